The van der Waals surface area contributed by atoms with E-state index in [9.17, 15) is 12.8 Å². The van der Waals surface area contributed by atoms with Crippen LogP contribution in [-0.2, 0) is 15.9 Å². The van der Waals surface area contributed by atoms with Gasteiger partial charge in [0.15, 0.2) is 0 Å². The second-order valence-corrected chi connectivity index (χ2v) is 7.53. The van der Waals surface area contributed by atoms with Crippen LogP contribution in [0.25, 0.3) is 0 Å². The fraction of sp³-hybridized carbons (Fsp3) is 0.231. The second kappa shape index (κ2) is 6.11. The molecule has 0 N–H and O–H groups in total. The fourth-order valence-electron chi connectivity index (χ4n) is 1.80. The molecule has 0 radical (unpaired) electrons. The van der Waals surface area contributed by atoms with Gasteiger partial charge in [-0.2, -0.15) is 0 Å². The standard InChI is InChI=1S/C13H13ClFNO2S2/c1-2-16(11-5-3-4-10(15)8-11)20(17,18)13-7-6-12(9-14)19-13/h3-8H,2,9H2,1H3. The van der Waals surface area contributed by atoms with Crippen LogP contribution in [0.3, 0.4) is 0 Å². The Hall–Kier alpha value is -1.11. The molecule has 3 nitrogen and oxygen atoms in total. The van der Waals surface area contributed by atoms with Crippen LogP contribution in [0.4, 0.5) is 10.1 Å². The maximum atomic E-state index is 13.3. The Morgan fingerprint density at radius 1 is 1.30 bits per heavy atom. The highest BCUT2D eigenvalue weighted by Gasteiger charge is 2.25. The Morgan fingerprint density at radius 2 is 2.05 bits per heavy atom. The van der Waals surface area contributed by atoms with Crippen LogP contribution in [0.1, 0.15) is 11.8 Å². The number of thiophene rings is 1. The first-order valence-electron chi connectivity index (χ1n) is 5.92. The van der Waals surface area contributed by atoms with Gasteiger partial charge in [-0.15, -0.1) is 22.9 Å². The van der Waals surface area contributed by atoms with Crippen LogP contribution in [0.15, 0.2) is 40.6 Å². The molecule has 108 valence electrons. The van der Waals surface area contributed by atoms with Crippen molar-refractivity contribution in [1.82, 2.24) is 0 Å². The molecule has 7 heteroatoms. The molecule has 0 saturated carbocycles. The molecule has 1 heterocycles. The summed E-state index contributed by atoms with van der Waals surface area (Å²) in [6.07, 6.45) is 0. The number of sulfonamides is 1. The molecule has 1 aromatic carbocycles. The highest BCUT2D eigenvalue weighted by Crippen LogP contribution is 2.29. The Balaban J connectivity index is 2.44. The zero-order valence-electron chi connectivity index (χ0n) is 10.7. The van der Waals surface area contributed by atoms with Gasteiger partial charge in [0.25, 0.3) is 10.0 Å². The van der Waals surface area contributed by atoms with Crippen molar-refractivity contribution in [1.29, 1.82) is 0 Å². The quantitative estimate of drug-likeness (QED) is 0.780. The summed E-state index contributed by atoms with van der Waals surface area (Å²) >= 11 is 6.82. The first-order chi connectivity index (χ1) is 9.48. The Morgan fingerprint density at radius 3 is 2.60 bits per heavy atom. The molecular weight excluding hydrogens is 321 g/mol. The third kappa shape index (κ3) is 2.97. The van der Waals surface area contributed by atoms with Crippen molar-refractivity contribution in [2.24, 2.45) is 0 Å². The van der Waals surface area contributed by atoms with E-state index in [0.717, 1.165) is 16.2 Å². The molecule has 2 rings (SSSR count). The smallest absolute Gasteiger partial charge is 0.266 e. The minimum atomic E-state index is -3.68. The van der Waals surface area contributed by atoms with Gasteiger partial charge in [0.05, 0.1) is 11.6 Å². The third-order valence-electron chi connectivity index (χ3n) is 2.70. The van der Waals surface area contributed by atoms with Gasteiger partial charge >= 0.3 is 0 Å². The van der Waals surface area contributed by atoms with E-state index in [0.29, 0.717) is 5.69 Å². The molecule has 0 saturated heterocycles. The molecule has 0 unspecified atom stereocenters. The van der Waals surface area contributed by atoms with Crippen molar-refractivity contribution in [2.75, 3.05) is 10.8 Å². The molecule has 20 heavy (non-hydrogen) atoms. The summed E-state index contributed by atoms with van der Waals surface area (Å²) < 4.78 is 39.8. The number of benzene rings is 1. The molecule has 2 aromatic rings. The summed E-state index contributed by atoms with van der Waals surface area (Å²) in [4.78, 5) is 0.778. The molecule has 0 bridgehead atoms. The minimum Gasteiger partial charge on any atom is -0.266 e. The van der Waals surface area contributed by atoms with Gasteiger partial charge in [-0.1, -0.05) is 6.07 Å². The summed E-state index contributed by atoms with van der Waals surface area (Å²) in [6, 6.07) is 8.75. The van der Waals surface area contributed by atoms with Crippen LogP contribution in [0, 0.1) is 5.82 Å². The van der Waals surface area contributed by atoms with Gasteiger partial charge in [-0.3, -0.25) is 4.31 Å². The fourth-order valence-corrected chi connectivity index (χ4v) is 4.84. The zero-order valence-corrected chi connectivity index (χ0v) is 13.1. The van der Waals surface area contributed by atoms with Gasteiger partial charge in [0.2, 0.25) is 0 Å². The number of rotatable bonds is 5. The summed E-state index contributed by atoms with van der Waals surface area (Å²) in [5, 5.41) is 0. The zero-order chi connectivity index (χ0) is 14.8. The predicted molar refractivity (Wildman–Crippen MR) is 80.5 cm³/mol. The molecule has 0 aliphatic heterocycles. The lowest BCUT2D eigenvalue weighted by atomic mass is 10.3. The molecule has 0 fully saturated rings. The van der Waals surface area contributed by atoms with E-state index >= 15 is 0 Å². The first-order valence-corrected chi connectivity index (χ1v) is 8.71. The van der Waals surface area contributed by atoms with E-state index in [1.165, 1.54) is 28.6 Å². The van der Waals surface area contributed by atoms with Crippen LogP contribution in [-0.4, -0.2) is 15.0 Å². The van der Waals surface area contributed by atoms with Crippen LogP contribution in [0.5, 0.6) is 0 Å². The highest BCUT2D eigenvalue weighted by atomic mass is 35.5. The van der Waals surface area contributed by atoms with E-state index in [2.05, 4.69) is 0 Å². The average Bonchev–Trinajstić information content (AvgIpc) is 2.89. The van der Waals surface area contributed by atoms with Crippen molar-refractivity contribution in [3.8, 4) is 0 Å². The molecule has 0 amide bonds. The maximum absolute atomic E-state index is 13.3. The number of alkyl halides is 1. The largest absolute Gasteiger partial charge is 0.273 e. The Labute approximate surface area is 126 Å². The molecule has 0 aliphatic carbocycles. The van der Waals surface area contributed by atoms with Crippen LogP contribution in [0.2, 0.25) is 0 Å². The van der Waals surface area contributed by atoms with Crippen molar-refractivity contribution in [2.45, 2.75) is 17.0 Å². The summed E-state index contributed by atoms with van der Waals surface area (Å²) in [7, 11) is -3.68. The average molecular weight is 334 g/mol. The van der Waals surface area contributed by atoms with E-state index in [-0.39, 0.29) is 16.6 Å². The molecule has 0 spiro atoms. The highest BCUT2D eigenvalue weighted by molar-refractivity contribution is 7.94. The molecule has 0 aliphatic rings. The van der Waals surface area contributed by atoms with Gasteiger partial charge in [-0.05, 0) is 37.3 Å². The number of halogens is 2. The Bertz CT molecular complexity index is 700. The number of hydrogen-bond donors (Lipinski definition) is 0. The summed E-state index contributed by atoms with van der Waals surface area (Å²) in [5.41, 5.74) is 0.313. The van der Waals surface area contributed by atoms with Crippen molar-refractivity contribution >= 4 is 38.6 Å². The van der Waals surface area contributed by atoms with Crippen molar-refractivity contribution in [3.63, 3.8) is 0 Å². The number of anilines is 1. The lowest BCUT2D eigenvalue weighted by Gasteiger charge is -2.21. The topological polar surface area (TPSA) is 37.4 Å². The second-order valence-electron chi connectivity index (χ2n) is 4.00. The SMILES string of the molecule is CCN(c1cccc(F)c1)S(=O)(=O)c1ccc(CCl)s1. The van der Waals surface area contributed by atoms with Crippen molar-refractivity contribution in [3.05, 3.63) is 47.1 Å². The van der Waals surface area contributed by atoms with E-state index in [4.69, 9.17) is 11.6 Å². The first kappa shape index (κ1) is 15.3. The normalized spacial score (nSPS) is 11.6. The van der Waals surface area contributed by atoms with E-state index < -0.39 is 15.8 Å². The Kier molecular flexibility index (Phi) is 4.67. The van der Waals surface area contributed by atoms with Crippen molar-refractivity contribution < 1.29 is 12.8 Å². The summed E-state index contributed by atoms with van der Waals surface area (Å²) in [6.45, 7) is 1.93. The molecule has 1 aromatic heterocycles. The maximum Gasteiger partial charge on any atom is 0.273 e. The lowest BCUT2D eigenvalue weighted by Crippen LogP contribution is -2.30. The predicted octanol–water partition coefficient (Wildman–Crippen LogP) is 3.84. The lowest BCUT2D eigenvalue weighted by molar-refractivity contribution is 0.593. The third-order valence-corrected chi connectivity index (χ3v) is 6.60. The molecule has 0 atom stereocenters. The van der Waals surface area contributed by atoms with Gasteiger partial charge in [0.1, 0.15) is 10.0 Å². The number of nitrogens with zero attached hydrogens (tertiary/aromatic N) is 1. The van der Waals surface area contributed by atoms with Crippen LogP contribution < -0.4 is 4.31 Å². The van der Waals surface area contributed by atoms with Crippen LogP contribution >= 0.6 is 22.9 Å². The molecular formula is C13H13ClFNO2S2. The van der Waals surface area contributed by atoms with Gasteiger partial charge < -0.3 is 0 Å². The van der Waals surface area contributed by atoms with Gasteiger partial charge in [0, 0.05) is 11.4 Å². The van der Waals surface area contributed by atoms with E-state index in [1.54, 1.807) is 19.1 Å². The monoisotopic (exact) mass is 333 g/mol. The summed E-state index contributed by atoms with van der Waals surface area (Å²) in [5.74, 6) is -0.199. The minimum absolute atomic E-state index is 0.208. The van der Waals surface area contributed by atoms with Gasteiger partial charge in [-0.25, -0.2) is 12.8 Å². The van der Waals surface area contributed by atoms with E-state index in [1.807, 2.05) is 0 Å². The number of hydrogen-bond acceptors (Lipinski definition) is 3.